The molecule has 10 nitrogen and oxygen atoms in total. The molecule has 0 aliphatic heterocycles. The van der Waals surface area contributed by atoms with E-state index in [2.05, 4.69) is 10.3 Å². The minimum absolute atomic E-state index is 0.111. The van der Waals surface area contributed by atoms with Gasteiger partial charge in [0.2, 0.25) is 5.88 Å². The van der Waals surface area contributed by atoms with Gasteiger partial charge < -0.3 is 10.1 Å². The van der Waals surface area contributed by atoms with E-state index in [0.717, 1.165) is 29.3 Å². The molecule has 3 aromatic rings. The smallest absolute Gasteiger partial charge is 0.277 e. The number of hydrogen-bond acceptors (Lipinski definition) is 7. The van der Waals surface area contributed by atoms with Crippen molar-refractivity contribution in [1.82, 2.24) is 4.98 Å². The van der Waals surface area contributed by atoms with E-state index < -0.39 is 27.1 Å². The van der Waals surface area contributed by atoms with Crippen LogP contribution < -0.4 is 10.1 Å². The molecule has 0 aliphatic carbocycles. The monoisotopic (exact) mass is 408 g/mol. The highest BCUT2D eigenvalue weighted by Gasteiger charge is 2.21. The zero-order valence-electron chi connectivity index (χ0n) is 16.0. The molecule has 0 bridgehead atoms. The maximum absolute atomic E-state index is 12.6. The van der Waals surface area contributed by atoms with Crippen molar-refractivity contribution in [3.8, 4) is 11.6 Å². The SMILES string of the molecule is Cc1cccc(Oc2ncccc2NC(=O)c2cc([N+](=O)[O-])cc([N+](=O)[O-])c2)c1C. The van der Waals surface area contributed by atoms with Crippen LogP contribution in [-0.2, 0) is 0 Å². The number of non-ortho nitro benzene ring substituents is 2. The summed E-state index contributed by atoms with van der Waals surface area (Å²) < 4.78 is 5.84. The molecular formula is C20H16N4O6. The highest BCUT2D eigenvalue weighted by atomic mass is 16.6. The van der Waals surface area contributed by atoms with Crippen molar-refractivity contribution in [1.29, 1.82) is 0 Å². The van der Waals surface area contributed by atoms with Gasteiger partial charge in [-0.05, 0) is 43.2 Å². The Hall–Kier alpha value is -4.34. The summed E-state index contributed by atoms with van der Waals surface area (Å²) >= 11 is 0. The van der Waals surface area contributed by atoms with E-state index in [-0.39, 0.29) is 17.1 Å². The van der Waals surface area contributed by atoms with E-state index in [0.29, 0.717) is 5.75 Å². The molecule has 0 saturated carbocycles. The van der Waals surface area contributed by atoms with E-state index in [1.54, 1.807) is 12.1 Å². The Morgan fingerprint density at radius 2 is 1.67 bits per heavy atom. The number of ether oxygens (including phenoxy) is 1. The fourth-order valence-electron chi connectivity index (χ4n) is 2.64. The number of nitrogens with zero attached hydrogens (tertiary/aromatic N) is 3. The van der Waals surface area contributed by atoms with Gasteiger partial charge in [0.25, 0.3) is 17.3 Å². The van der Waals surface area contributed by atoms with E-state index in [1.807, 2.05) is 26.0 Å². The quantitative estimate of drug-likeness (QED) is 0.466. The lowest BCUT2D eigenvalue weighted by atomic mass is 10.1. The van der Waals surface area contributed by atoms with Gasteiger partial charge in [0.15, 0.2) is 0 Å². The molecule has 1 heterocycles. The first kappa shape index (κ1) is 20.4. The predicted molar refractivity (Wildman–Crippen MR) is 108 cm³/mol. The van der Waals surface area contributed by atoms with E-state index in [1.165, 1.54) is 12.3 Å². The number of pyridine rings is 1. The number of benzene rings is 2. The third kappa shape index (κ3) is 4.38. The Morgan fingerprint density at radius 3 is 2.30 bits per heavy atom. The van der Waals surface area contributed by atoms with E-state index >= 15 is 0 Å². The van der Waals surface area contributed by atoms with Crippen LogP contribution in [0.2, 0.25) is 0 Å². The molecule has 0 radical (unpaired) electrons. The van der Waals surface area contributed by atoms with Crippen LogP contribution in [-0.4, -0.2) is 20.7 Å². The predicted octanol–water partition coefficient (Wildman–Crippen LogP) is 4.56. The van der Waals surface area contributed by atoms with Crippen molar-refractivity contribution < 1.29 is 19.4 Å². The minimum Gasteiger partial charge on any atom is -0.437 e. The Kier molecular flexibility index (Phi) is 5.68. The summed E-state index contributed by atoms with van der Waals surface area (Å²) in [6.07, 6.45) is 1.48. The zero-order chi connectivity index (χ0) is 21.8. The molecule has 0 spiro atoms. The van der Waals surface area contributed by atoms with Gasteiger partial charge in [0.05, 0.1) is 21.5 Å². The lowest BCUT2D eigenvalue weighted by Gasteiger charge is -2.13. The van der Waals surface area contributed by atoms with Gasteiger partial charge in [-0.1, -0.05) is 12.1 Å². The first-order chi connectivity index (χ1) is 14.3. The van der Waals surface area contributed by atoms with Gasteiger partial charge >= 0.3 is 0 Å². The molecule has 10 heteroatoms. The summed E-state index contributed by atoms with van der Waals surface area (Å²) in [5.41, 5.74) is 0.752. The summed E-state index contributed by atoms with van der Waals surface area (Å²) in [5.74, 6) is -0.115. The van der Waals surface area contributed by atoms with Crippen LogP contribution in [0.3, 0.4) is 0 Å². The average Bonchev–Trinajstić information content (AvgIpc) is 2.72. The number of amides is 1. The number of aromatic nitrogens is 1. The molecule has 1 N–H and O–H groups in total. The van der Waals surface area contributed by atoms with Crippen molar-refractivity contribution in [2.24, 2.45) is 0 Å². The van der Waals surface area contributed by atoms with Crippen molar-refractivity contribution in [3.63, 3.8) is 0 Å². The second-order valence-electron chi connectivity index (χ2n) is 6.36. The summed E-state index contributed by atoms with van der Waals surface area (Å²) in [6, 6.07) is 11.3. The molecule has 1 amide bonds. The number of carbonyl (C=O) groups is 1. The van der Waals surface area contributed by atoms with Crippen molar-refractivity contribution in [2.75, 3.05) is 5.32 Å². The fourth-order valence-corrected chi connectivity index (χ4v) is 2.64. The van der Waals surface area contributed by atoms with Gasteiger partial charge in [-0.3, -0.25) is 25.0 Å². The Labute approximate surface area is 170 Å². The van der Waals surface area contributed by atoms with Gasteiger partial charge in [-0.15, -0.1) is 0 Å². The second kappa shape index (κ2) is 8.35. The third-order valence-corrected chi connectivity index (χ3v) is 4.37. The van der Waals surface area contributed by atoms with Gasteiger partial charge in [-0.2, -0.15) is 0 Å². The summed E-state index contributed by atoms with van der Waals surface area (Å²) in [6.45, 7) is 3.81. The van der Waals surface area contributed by atoms with Crippen molar-refractivity contribution in [3.05, 3.63) is 91.6 Å². The maximum atomic E-state index is 12.6. The normalized spacial score (nSPS) is 10.3. The average molecular weight is 408 g/mol. The van der Waals surface area contributed by atoms with Crippen molar-refractivity contribution >= 4 is 23.0 Å². The van der Waals surface area contributed by atoms with Crippen LogP contribution in [0.25, 0.3) is 0 Å². The number of hydrogen-bond donors (Lipinski definition) is 1. The molecule has 0 fully saturated rings. The van der Waals surface area contributed by atoms with Crippen molar-refractivity contribution in [2.45, 2.75) is 13.8 Å². The van der Waals surface area contributed by atoms with Crippen LogP contribution in [0.5, 0.6) is 11.6 Å². The van der Waals surface area contributed by atoms with Crippen LogP contribution in [0, 0.1) is 34.1 Å². The standard InChI is InChI=1S/C20H16N4O6/c1-12-5-3-7-18(13(12)2)30-20-17(6-4-8-21-20)22-19(25)14-9-15(23(26)27)11-16(10-14)24(28)29/h3-11H,1-2H3,(H,22,25). The molecule has 0 unspecified atom stereocenters. The molecule has 0 aliphatic rings. The summed E-state index contributed by atoms with van der Waals surface area (Å²) in [4.78, 5) is 37.3. The van der Waals surface area contributed by atoms with Crippen LogP contribution in [0.1, 0.15) is 21.5 Å². The van der Waals surface area contributed by atoms with Gasteiger partial charge in [-0.25, -0.2) is 4.98 Å². The highest BCUT2D eigenvalue weighted by Crippen LogP contribution is 2.31. The number of anilines is 1. The van der Waals surface area contributed by atoms with Crippen LogP contribution >= 0.6 is 0 Å². The molecular weight excluding hydrogens is 392 g/mol. The number of carbonyl (C=O) groups excluding carboxylic acids is 1. The Bertz CT molecular complexity index is 1130. The Balaban J connectivity index is 1.92. The van der Waals surface area contributed by atoms with E-state index in [4.69, 9.17) is 4.74 Å². The third-order valence-electron chi connectivity index (χ3n) is 4.37. The lowest BCUT2D eigenvalue weighted by molar-refractivity contribution is -0.394. The number of nitro groups is 2. The van der Waals surface area contributed by atoms with E-state index in [9.17, 15) is 25.0 Å². The summed E-state index contributed by atoms with van der Waals surface area (Å²) in [5, 5.41) is 24.6. The number of nitrogens with one attached hydrogen (secondary N) is 1. The molecule has 1 aromatic heterocycles. The van der Waals surface area contributed by atoms with Gasteiger partial charge in [0.1, 0.15) is 11.4 Å². The number of nitro benzene ring substituents is 2. The number of rotatable bonds is 6. The zero-order valence-corrected chi connectivity index (χ0v) is 16.0. The fraction of sp³-hybridized carbons (Fsp3) is 0.100. The Morgan fingerprint density at radius 1 is 1.00 bits per heavy atom. The van der Waals surface area contributed by atoms with Crippen LogP contribution in [0.15, 0.2) is 54.7 Å². The summed E-state index contributed by atoms with van der Waals surface area (Å²) in [7, 11) is 0. The molecule has 3 rings (SSSR count). The maximum Gasteiger partial charge on any atom is 0.277 e. The topological polar surface area (TPSA) is 138 Å². The molecule has 0 atom stereocenters. The molecule has 0 saturated heterocycles. The molecule has 30 heavy (non-hydrogen) atoms. The highest BCUT2D eigenvalue weighted by molar-refractivity contribution is 6.05. The van der Waals surface area contributed by atoms with Gasteiger partial charge in [0, 0.05) is 18.3 Å². The minimum atomic E-state index is -0.803. The lowest BCUT2D eigenvalue weighted by Crippen LogP contribution is -2.13. The second-order valence-corrected chi connectivity index (χ2v) is 6.36. The first-order valence-corrected chi connectivity index (χ1v) is 8.70. The first-order valence-electron chi connectivity index (χ1n) is 8.70. The molecule has 152 valence electrons. The van der Waals surface area contributed by atoms with Crippen LogP contribution in [0.4, 0.5) is 17.1 Å². The molecule has 2 aromatic carbocycles. The number of aryl methyl sites for hydroxylation is 1. The largest absolute Gasteiger partial charge is 0.437 e.